The molecule has 3 saturated carbocycles. The summed E-state index contributed by atoms with van der Waals surface area (Å²) < 4.78 is 17.9. The van der Waals surface area contributed by atoms with Crippen LogP contribution in [0.25, 0.3) is 28.0 Å². The van der Waals surface area contributed by atoms with Gasteiger partial charge in [0.1, 0.15) is 12.0 Å². The number of pyridine rings is 2. The molecule has 0 radical (unpaired) electrons. The molecule has 10 heteroatoms. The van der Waals surface area contributed by atoms with Gasteiger partial charge in [-0.25, -0.2) is 14.1 Å². The molecule has 198 valence electrons. The Kier molecular flexibility index (Phi) is 5.10. The largest absolute Gasteiger partial charge is 0.357 e. The number of alkyl halides is 1. The lowest BCUT2D eigenvalue weighted by Crippen LogP contribution is -2.70. The Morgan fingerprint density at radius 3 is 2.69 bits per heavy atom. The molecule has 1 atom stereocenters. The van der Waals surface area contributed by atoms with Crippen LogP contribution in [0.1, 0.15) is 48.7 Å². The number of nitrogens with one attached hydrogen (secondary N) is 2. The van der Waals surface area contributed by atoms with Gasteiger partial charge in [0.05, 0.1) is 24.1 Å². The minimum atomic E-state index is -0.854. The number of thioether (sulfide) groups is 1. The third-order valence-electron chi connectivity index (χ3n) is 8.80. The summed E-state index contributed by atoms with van der Waals surface area (Å²) in [7, 11) is 0. The topological polar surface area (TPSA) is 89.2 Å². The second-order valence-corrected chi connectivity index (χ2v) is 12.6. The van der Waals surface area contributed by atoms with E-state index in [1.54, 1.807) is 12.5 Å². The number of hydrogen-bond acceptors (Lipinski definition) is 6. The van der Waals surface area contributed by atoms with E-state index < -0.39 is 5.67 Å². The molecule has 5 aromatic heterocycles. The highest BCUT2D eigenvalue weighted by Crippen LogP contribution is 2.70. The Bertz CT molecular complexity index is 1680. The van der Waals surface area contributed by atoms with Crippen LogP contribution in [-0.2, 0) is 24.6 Å². The monoisotopic (exact) mass is 540 g/mol. The molecule has 8 nitrogen and oxygen atoms in total. The first kappa shape index (κ1) is 23.4. The normalized spacial score (nSPS) is 23.9. The number of H-pyrrole nitrogens is 1. The van der Waals surface area contributed by atoms with Crippen molar-refractivity contribution < 1.29 is 4.39 Å². The van der Waals surface area contributed by atoms with Crippen LogP contribution >= 0.6 is 11.8 Å². The van der Waals surface area contributed by atoms with E-state index in [-0.39, 0.29) is 5.41 Å². The number of aromatic amines is 1. The van der Waals surface area contributed by atoms with Crippen molar-refractivity contribution in [3.63, 3.8) is 0 Å². The maximum absolute atomic E-state index is 13.9. The molecule has 2 N–H and O–H groups in total. The summed E-state index contributed by atoms with van der Waals surface area (Å²) in [5.41, 5.74) is 7.08. The molecule has 0 aromatic carbocycles. The smallest absolute Gasteiger partial charge is 0.182 e. The number of hydrogen-bond donors (Lipinski definition) is 2. The fourth-order valence-electron chi connectivity index (χ4n) is 6.57. The Balaban J connectivity index is 0.949. The van der Waals surface area contributed by atoms with Gasteiger partial charge in [0.15, 0.2) is 5.82 Å². The first-order chi connectivity index (χ1) is 18.9. The number of halogens is 1. The molecule has 0 spiro atoms. The minimum absolute atomic E-state index is 0.172. The predicted molar refractivity (Wildman–Crippen MR) is 149 cm³/mol. The van der Waals surface area contributed by atoms with Gasteiger partial charge in [-0.05, 0) is 60.9 Å². The van der Waals surface area contributed by atoms with E-state index in [2.05, 4.69) is 67.3 Å². The van der Waals surface area contributed by atoms with E-state index in [9.17, 15) is 4.39 Å². The molecule has 4 aliphatic rings. The molecule has 1 aliphatic heterocycles. The summed E-state index contributed by atoms with van der Waals surface area (Å²) in [5, 5.41) is 9.39. The van der Waals surface area contributed by atoms with Gasteiger partial charge in [-0.2, -0.15) is 16.9 Å². The summed E-state index contributed by atoms with van der Waals surface area (Å²) in [6.45, 7) is 3.44. The van der Waals surface area contributed by atoms with Crippen molar-refractivity contribution in [1.82, 2.24) is 39.6 Å². The maximum Gasteiger partial charge on any atom is 0.182 e. The lowest BCUT2D eigenvalue weighted by molar-refractivity contribution is -0.226. The van der Waals surface area contributed by atoms with E-state index in [1.165, 1.54) is 11.1 Å². The van der Waals surface area contributed by atoms with Crippen LogP contribution < -0.4 is 5.32 Å². The van der Waals surface area contributed by atoms with E-state index in [1.807, 2.05) is 28.8 Å². The molecular formula is C29H29FN8S. The highest BCUT2D eigenvalue weighted by Gasteiger charge is 2.70. The highest BCUT2D eigenvalue weighted by molar-refractivity contribution is 7.98. The van der Waals surface area contributed by atoms with Gasteiger partial charge in [-0.15, -0.1) is 0 Å². The van der Waals surface area contributed by atoms with E-state index in [4.69, 9.17) is 5.10 Å². The number of nitrogens with zero attached hydrogens (tertiary/aromatic N) is 6. The zero-order chi connectivity index (χ0) is 26.2. The van der Waals surface area contributed by atoms with Crippen LogP contribution in [0, 0.1) is 5.41 Å². The van der Waals surface area contributed by atoms with Crippen molar-refractivity contribution in [2.45, 2.75) is 62.5 Å². The Hall–Kier alpha value is -3.50. The molecule has 2 bridgehead atoms. The van der Waals surface area contributed by atoms with Gasteiger partial charge in [0.25, 0.3) is 0 Å². The average molecular weight is 541 g/mol. The van der Waals surface area contributed by atoms with Gasteiger partial charge in [-0.1, -0.05) is 0 Å². The van der Waals surface area contributed by atoms with Crippen LogP contribution in [0.2, 0.25) is 0 Å². The second-order valence-electron chi connectivity index (χ2n) is 11.6. The molecule has 9 rings (SSSR count). The third-order valence-corrected chi connectivity index (χ3v) is 9.83. The van der Waals surface area contributed by atoms with Crippen molar-refractivity contribution >= 4 is 22.7 Å². The van der Waals surface area contributed by atoms with Crippen molar-refractivity contribution in [3.8, 4) is 17.1 Å². The van der Waals surface area contributed by atoms with Gasteiger partial charge < -0.3 is 14.9 Å². The zero-order valence-corrected chi connectivity index (χ0v) is 22.5. The Morgan fingerprint density at radius 1 is 1.08 bits per heavy atom. The second kappa shape index (κ2) is 8.50. The summed E-state index contributed by atoms with van der Waals surface area (Å²) in [6.07, 6.45) is 13.9. The van der Waals surface area contributed by atoms with Gasteiger partial charge in [0, 0.05) is 71.0 Å². The molecule has 3 fully saturated rings. The van der Waals surface area contributed by atoms with E-state index in [0.717, 1.165) is 51.6 Å². The fraction of sp³-hybridized carbons (Fsp3) is 0.379. The molecule has 1 unspecified atom stereocenters. The number of rotatable bonds is 8. The van der Waals surface area contributed by atoms with Crippen molar-refractivity contribution in [1.29, 1.82) is 0 Å². The minimum Gasteiger partial charge on any atom is -0.357 e. The third kappa shape index (κ3) is 4.00. The zero-order valence-electron chi connectivity index (χ0n) is 21.7. The molecule has 0 saturated heterocycles. The highest BCUT2D eigenvalue weighted by atomic mass is 32.2. The summed E-state index contributed by atoms with van der Waals surface area (Å²) in [5.74, 6) is 2.79. The van der Waals surface area contributed by atoms with Crippen LogP contribution in [0.4, 0.5) is 4.39 Å². The average Bonchev–Trinajstić information content (AvgIpc) is 3.68. The van der Waals surface area contributed by atoms with Crippen molar-refractivity contribution in [3.05, 3.63) is 78.0 Å². The van der Waals surface area contributed by atoms with E-state index >= 15 is 0 Å². The number of aromatic nitrogens is 7. The number of fused-ring (bicyclic) bond motifs is 2. The standard InChI is InChI=1S/C29H29FN8S/c1-18(28-14-29(30,15-28)16-28)32-7-23-2-19-6-33-24(4-26(19)35-23)11-38-17-34-27(36-38)20-3-25(8-31-5-20)37-9-21-12-39-13-22(21)10-37/h2-6,8-10,17-18,32,35H,7,11-16H2,1H3. The molecule has 5 aromatic rings. The van der Waals surface area contributed by atoms with Gasteiger partial charge in [0.2, 0.25) is 0 Å². The summed E-state index contributed by atoms with van der Waals surface area (Å²) in [4.78, 5) is 17.2. The van der Waals surface area contributed by atoms with Crippen molar-refractivity contribution in [2.24, 2.45) is 5.41 Å². The first-order valence-electron chi connectivity index (χ1n) is 13.5. The van der Waals surface area contributed by atoms with Crippen LogP contribution in [0.15, 0.2) is 55.5 Å². The molecule has 0 amide bonds. The first-order valence-corrected chi connectivity index (χ1v) is 14.6. The van der Waals surface area contributed by atoms with Crippen LogP contribution in [0.3, 0.4) is 0 Å². The molecular weight excluding hydrogens is 511 g/mol. The van der Waals surface area contributed by atoms with E-state index in [0.29, 0.717) is 37.7 Å². The molecule has 6 heterocycles. The summed E-state index contributed by atoms with van der Waals surface area (Å²) >= 11 is 1.95. The van der Waals surface area contributed by atoms with Crippen LogP contribution in [-0.4, -0.2) is 46.0 Å². The van der Waals surface area contributed by atoms with Crippen LogP contribution in [0.5, 0.6) is 0 Å². The predicted octanol–water partition coefficient (Wildman–Crippen LogP) is 5.17. The quantitative estimate of drug-likeness (QED) is 0.282. The lowest BCUT2D eigenvalue weighted by atomic mass is 9.40. The maximum atomic E-state index is 13.9. The Morgan fingerprint density at radius 2 is 1.90 bits per heavy atom. The molecule has 3 aliphatic carbocycles. The molecule has 39 heavy (non-hydrogen) atoms. The van der Waals surface area contributed by atoms with Gasteiger partial charge >= 0.3 is 0 Å². The lowest BCUT2D eigenvalue weighted by Gasteiger charge is -2.68. The Labute approximate surface area is 229 Å². The van der Waals surface area contributed by atoms with Gasteiger partial charge in [-0.3, -0.25) is 9.97 Å². The van der Waals surface area contributed by atoms with Crippen molar-refractivity contribution in [2.75, 3.05) is 0 Å². The summed E-state index contributed by atoms with van der Waals surface area (Å²) in [6, 6.07) is 6.61. The SMILES string of the molecule is CC(NCc1cc2cnc(Cn3cnc(-c4cncc(-n5cc6c(c5)CSC6)c4)n3)cc2[nH]1)C12CC(F)(C1)C2. The fourth-order valence-corrected chi connectivity index (χ4v) is 7.63.